The van der Waals surface area contributed by atoms with Gasteiger partial charge in [-0.3, -0.25) is 9.59 Å². The number of hydrogen-bond donors (Lipinski definition) is 2. The summed E-state index contributed by atoms with van der Waals surface area (Å²) in [6, 6.07) is 3.68. The van der Waals surface area contributed by atoms with Crippen LogP contribution in [0.2, 0.25) is 5.02 Å². The predicted octanol–water partition coefficient (Wildman–Crippen LogP) is 3.61. The number of carbonyl (C=O) groups is 2. The van der Waals surface area contributed by atoms with Gasteiger partial charge in [-0.05, 0) is 32.0 Å². The van der Waals surface area contributed by atoms with Crippen molar-refractivity contribution < 1.29 is 27.5 Å². The molecule has 0 aliphatic rings. The minimum Gasteiger partial charge on any atom is -0.472 e. The lowest BCUT2D eigenvalue weighted by atomic mass is 10.2. The molecule has 0 aliphatic heterocycles. The SMILES string of the molecule is CC(=O)Nc1cc(C(=O)NC[C@@H](C)Oc2ncc(C(F)(F)F)cc2Cl)cc(C)n1. The molecule has 2 amide bonds. The van der Waals surface area contributed by atoms with Crippen LogP contribution >= 0.6 is 11.6 Å². The van der Waals surface area contributed by atoms with E-state index in [1.807, 2.05) is 0 Å². The molecule has 0 unspecified atom stereocenters. The maximum absolute atomic E-state index is 12.6. The molecule has 0 bridgehead atoms. The molecular weight excluding hydrogens is 413 g/mol. The molecule has 0 aromatic carbocycles. The van der Waals surface area contributed by atoms with Crippen LogP contribution in [-0.4, -0.2) is 34.4 Å². The average Bonchev–Trinajstić information content (AvgIpc) is 2.59. The van der Waals surface area contributed by atoms with Crippen LogP contribution < -0.4 is 15.4 Å². The van der Waals surface area contributed by atoms with Gasteiger partial charge in [0.25, 0.3) is 5.91 Å². The summed E-state index contributed by atoms with van der Waals surface area (Å²) in [4.78, 5) is 31.2. The van der Waals surface area contributed by atoms with E-state index in [4.69, 9.17) is 16.3 Å². The lowest BCUT2D eigenvalue weighted by Crippen LogP contribution is -2.34. The van der Waals surface area contributed by atoms with Crippen molar-refractivity contribution in [3.8, 4) is 5.88 Å². The van der Waals surface area contributed by atoms with Gasteiger partial charge in [0.15, 0.2) is 0 Å². The highest BCUT2D eigenvalue weighted by Crippen LogP contribution is 2.33. The highest BCUT2D eigenvalue weighted by molar-refractivity contribution is 6.31. The third kappa shape index (κ3) is 6.60. The number of aromatic nitrogens is 2. The number of nitrogens with zero attached hydrogens (tertiary/aromatic N) is 2. The van der Waals surface area contributed by atoms with Gasteiger partial charge in [-0.2, -0.15) is 13.2 Å². The van der Waals surface area contributed by atoms with Crippen LogP contribution in [0.4, 0.5) is 19.0 Å². The van der Waals surface area contributed by atoms with Gasteiger partial charge in [0.1, 0.15) is 16.9 Å². The normalized spacial score (nSPS) is 12.2. The zero-order valence-corrected chi connectivity index (χ0v) is 16.5. The Balaban J connectivity index is 1.99. The molecule has 7 nitrogen and oxygen atoms in total. The van der Waals surface area contributed by atoms with Gasteiger partial charge in [-0.1, -0.05) is 11.6 Å². The van der Waals surface area contributed by atoms with E-state index in [-0.39, 0.29) is 34.7 Å². The van der Waals surface area contributed by atoms with Crippen molar-refractivity contribution in [3.63, 3.8) is 0 Å². The Morgan fingerprint density at radius 3 is 2.55 bits per heavy atom. The largest absolute Gasteiger partial charge is 0.472 e. The molecule has 11 heteroatoms. The summed E-state index contributed by atoms with van der Waals surface area (Å²) in [5, 5.41) is 4.84. The third-order valence-electron chi connectivity index (χ3n) is 3.52. The summed E-state index contributed by atoms with van der Waals surface area (Å²) in [6.45, 7) is 4.63. The van der Waals surface area contributed by atoms with Crippen LogP contribution in [0.5, 0.6) is 5.88 Å². The van der Waals surface area contributed by atoms with Gasteiger partial charge in [0.05, 0.1) is 12.1 Å². The monoisotopic (exact) mass is 430 g/mol. The van der Waals surface area contributed by atoms with Crippen LogP contribution in [0.15, 0.2) is 24.4 Å². The van der Waals surface area contributed by atoms with E-state index in [1.54, 1.807) is 19.9 Å². The number of nitrogens with one attached hydrogen (secondary N) is 2. The Bertz CT molecular complexity index is 922. The summed E-state index contributed by atoms with van der Waals surface area (Å²) in [6.07, 6.45) is -4.57. The Kier molecular flexibility index (Phi) is 7.02. The summed E-state index contributed by atoms with van der Waals surface area (Å²) in [7, 11) is 0. The molecule has 2 N–H and O–H groups in total. The molecule has 0 spiro atoms. The van der Waals surface area contributed by atoms with Gasteiger partial charge in [0, 0.05) is 24.4 Å². The third-order valence-corrected chi connectivity index (χ3v) is 3.79. The van der Waals surface area contributed by atoms with Gasteiger partial charge in [0.2, 0.25) is 11.8 Å². The molecule has 0 aliphatic carbocycles. The number of rotatable bonds is 6. The fourth-order valence-electron chi connectivity index (χ4n) is 2.28. The first-order valence-corrected chi connectivity index (χ1v) is 8.77. The first-order valence-electron chi connectivity index (χ1n) is 8.39. The molecule has 0 saturated carbocycles. The molecule has 0 saturated heterocycles. The van der Waals surface area contributed by atoms with Crippen molar-refractivity contribution in [3.05, 3.63) is 46.2 Å². The van der Waals surface area contributed by atoms with Crippen molar-refractivity contribution in [1.82, 2.24) is 15.3 Å². The molecule has 0 radical (unpaired) electrons. The van der Waals surface area contributed by atoms with E-state index < -0.39 is 23.8 Å². The maximum Gasteiger partial charge on any atom is 0.417 e. The zero-order valence-electron chi connectivity index (χ0n) is 15.7. The van der Waals surface area contributed by atoms with E-state index in [0.29, 0.717) is 11.9 Å². The van der Waals surface area contributed by atoms with Crippen LogP contribution in [0.1, 0.15) is 35.5 Å². The number of pyridine rings is 2. The second-order valence-electron chi connectivity index (χ2n) is 6.21. The minimum atomic E-state index is -4.56. The van der Waals surface area contributed by atoms with Crippen LogP contribution in [0.25, 0.3) is 0 Å². The maximum atomic E-state index is 12.6. The smallest absolute Gasteiger partial charge is 0.417 e. The minimum absolute atomic E-state index is 0.0364. The Morgan fingerprint density at radius 1 is 1.28 bits per heavy atom. The van der Waals surface area contributed by atoms with Gasteiger partial charge < -0.3 is 15.4 Å². The molecular formula is C18H18ClF3N4O3. The molecule has 2 aromatic rings. The Labute approximate surface area is 169 Å². The number of ether oxygens (including phenoxy) is 1. The summed E-state index contributed by atoms with van der Waals surface area (Å²) < 4.78 is 43.3. The molecule has 156 valence electrons. The number of carbonyl (C=O) groups excluding carboxylic acids is 2. The highest BCUT2D eigenvalue weighted by Gasteiger charge is 2.32. The standard InChI is InChI=1S/C18H18ClF3N4O3/c1-9-4-12(5-15(25-9)26-11(3)27)16(28)23-7-10(2)29-17-14(19)6-13(8-24-17)18(20,21)22/h4-6,8,10H,7H2,1-3H3,(H,23,28)(H,25,26,27)/t10-/m1/s1. The van der Waals surface area contributed by atoms with Gasteiger partial charge in [-0.15, -0.1) is 0 Å². The van der Waals surface area contributed by atoms with E-state index in [9.17, 15) is 22.8 Å². The molecule has 0 fully saturated rings. The van der Waals surface area contributed by atoms with Crippen molar-refractivity contribution in [1.29, 1.82) is 0 Å². The summed E-state index contributed by atoms with van der Waals surface area (Å²) in [5.74, 6) is -0.691. The Hall–Kier alpha value is -2.88. The lowest BCUT2D eigenvalue weighted by Gasteiger charge is -2.16. The van der Waals surface area contributed by atoms with E-state index in [0.717, 1.165) is 6.07 Å². The summed E-state index contributed by atoms with van der Waals surface area (Å²) in [5.41, 5.74) is -0.176. The number of hydrogen-bond acceptors (Lipinski definition) is 5. The van der Waals surface area contributed by atoms with E-state index in [1.165, 1.54) is 13.0 Å². The van der Waals surface area contributed by atoms with Crippen LogP contribution in [0.3, 0.4) is 0 Å². The van der Waals surface area contributed by atoms with Crippen molar-refractivity contribution in [2.24, 2.45) is 0 Å². The number of anilines is 1. The topological polar surface area (TPSA) is 93.2 Å². The molecule has 29 heavy (non-hydrogen) atoms. The lowest BCUT2D eigenvalue weighted by molar-refractivity contribution is -0.137. The predicted molar refractivity (Wildman–Crippen MR) is 99.9 cm³/mol. The molecule has 2 heterocycles. The van der Waals surface area contributed by atoms with E-state index in [2.05, 4.69) is 20.6 Å². The zero-order chi connectivity index (χ0) is 21.8. The van der Waals surface area contributed by atoms with Crippen molar-refractivity contribution in [2.45, 2.75) is 33.1 Å². The molecule has 2 rings (SSSR count). The Morgan fingerprint density at radius 2 is 1.97 bits per heavy atom. The molecule has 2 aromatic heterocycles. The van der Waals surface area contributed by atoms with Crippen molar-refractivity contribution >= 4 is 29.2 Å². The highest BCUT2D eigenvalue weighted by atomic mass is 35.5. The summed E-state index contributed by atoms with van der Waals surface area (Å²) >= 11 is 5.80. The number of alkyl halides is 3. The fraction of sp³-hybridized carbons (Fsp3) is 0.333. The second kappa shape index (κ2) is 9.08. The number of halogens is 4. The fourth-order valence-corrected chi connectivity index (χ4v) is 2.49. The number of amides is 2. The second-order valence-corrected chi connectivity index (χ2v) is 6.62. The average molecular weight is 431 g/mol. The van der Waals surface area contributed by atoms with Gasteiger partial charge in [-0.25, -0.2) is 9.97 Å². The first kappa shape index (κ1) is 22.4. The quantitative estimate of drug-likeness (QED) is 0.730. The van der Waals surface area contributed by atoms with E-state index >= 15 is 0 Å². The van der Waals surface area contributed by atoms with Crippen molar-refractivity contribution in [2.75, 3.05) is 11.9 Å². The molecule has 1 atom stereocenters. The van der Waals surface area contributed by atoms with Crippen LogP contribution in [0, 0.1) is 6.92 Å². The van der Waals surface area contributed by atoms with Gasteiger partial charge >= 0.3 is 6.18 Å². The van der Waals surface area contributed by atoms with Crippen LogP contribution in [-0.2, 0) is 11.0 Å². The number of aryl methyl sites for hydroxylation is 1. The first-order chi connectivity index (χ1) is 13.5.